The molecule has 1 saturated carbocycles. The van der Waals surface area contributed by atoms with Crippen LogP contribution in [0.3, 0.4) is 0 Å². The van der Waals surface area contributed by atoms with Gasteiger partial charge < -0.3 is 19.4 Å². The van der Waals surface area contributed by atoms with Crippen LogP contribution in [0.1, 0.15) is 54.7 Å². The fourth-order valence-corrected chi connectivity index (χ4v) is 6.22. The van der Waals surface area contributed by atoms with Crippen molar-refractivity contribution in [2.24, 2.45) is 0 Å². The highest BCUT2D eigenvalue weighted by molar-refractivity contribution is 6.31. The van der Waals surface area contributed by atoms with Gasteiger partial charge in [-0.1, -0.05) is 61.2 Å². The predicted octanol–water partition coefficient (Wildman–Crippen LogP) is 7.60. The summed E-state index contributed by atoms with van der Waals surface area (Å²) in [4.78, 5) is 20.8. The molecule has 6 rings (SSSR count). The number of halogens is 1. The first-order valence-electron chi connectivity index (χ1n) is 14.4. The van der Waals surface area contributed by atoms with Crippen molar-refractivity contribution >= 4 is 45.1 Å². The molecule has 0 aliphatic heterocycles. The van der Waals surface area contributed by atoms with Crippen molar-refractivity contribution in [1.29, 1.82) is 0 Å². The third-order valence-corrected chi connectivity index (χ3v) is 8.47. The number of amides is 1. The molecule has 0 spiro atoms. The van der Waals surface area contributed by atoms with Gasteiger partial charge in [-0.15, -0.1) is 0 Å². The van der Waals surface area contributed by atoms with Crippen LogP contribution in [0.15, 0.2) is 79.0 Å². The van der Waals surface area contributed by atoms with Crippen molar-refractivity contribution in [3.8, 4) is 0 Å². The van der Waals surface area contributed by atoms with Gasteiger partial charge in [-0.3, -0.25) is 4.79 Å². The van der Waals surface area contributed by atoms with E-state index in [-0.39, 0.29) is 5.91 Å². The Labute approximate surface area is 240 Å². The number of aryl methyl sites for hydroxylation is 1. The number of nitrogens with zero attached hydrogens (tertiary/aromatic N) is 4. The van der Waals surface area contributed by atoms with Crippen LogP contribution in [-0.4, -0.2) is 44.6 Å². The van der Waals surface area contributed by atoms with Crippen LogP contribution >= 0.6 is 11.6 Å². The number of nitrogens with one attached hydrogen (secondary N) is 1. The predicted molar refractivity (Wildman–Crippen MR) is 164 cm³/mol. The maximum Gasteiger partial charge on any atom is 0.291 e. The molecule has 1 aliphatic carbocycles. The van der Waals surface area contributed by atoms with E-state index in [4.69, 9.17) is 11.6 Å². The second kappa shape index (κ2) is 11.9. The third-order valence-electron chi connectivity index (χ3n) is 8.23. The first-order valence-corrected chi connectivity index (χ1v) is 14.7. The van der Waals surface area contributed by atoms with E-state index in [9.17, 15) is 4.79 Å². The molecule has 0 unspecified atom stereocenters. The highest BCUT2D eigenvalue weighted by Gasteiger charge is 2.20. The van der Waals surface area contributed by atoms with Gasteiger partial charge in [-0.2, -0.15) is 0 Å². The first-order chi connectivity index (χ1) is 19.5. The van der Waals surface area contributed by atoms with Gasteiger partial charge in [0.2, 0.25) is 5.82 Å². The van der Waals surface area contributed by atoms with Crippen LogP contribution in [-0.2, 0) is 13.1 Å². The molecule has 3 aromatic carbocycles. The Morgan fingerprint density at radius 2 is 1.82 bits per heavy atom. The summed E-state index contributed by atoms with van der Waals surface area (Å²) in [5.74, 6) is 0.119. The molecule has 0 saturated heterocycles. The molecule has 0 bridgehead atoms. The summed E-state index contributed by atoms with van der Waals surface area (Å²) < 4.78 is 4.25. The summed E-state index contributed by atoms with van der Waals surface area (Å²) in [6.07, 6.45) is 10.1. The summed E-state index contributed by atoms with van der Waals surface area (Å²) in [5.41, 5.74) is 4.60. The number of anilines is 1. The van der Waals surface area contributed by atoms with Crippen molar-refractivity contribution in [2.45, 2.75) is 57.7 Å². The van der Waals surface area contributed by atoms with E-state index in [2.05, 4.69) is 45.1 Å². The second-order valence-electron chi connectivity index (χ2n) is 11.0. The lowest BCUT2D eigenvalue weighted by molar-refractivity contribution is 0.101. The van der Waals surface area contributed by atoms with E-state index in [0.717, 1.165) is 53.2 Å². The van der Waals surface area contributed by atoms with Crippen LogP contribution in [0, 0.1) is 0 Å². The summed E-state index contributed by atoms with van der Waals surface area (Å²) in [6, 6.07) is 24.6. The maximum absolute atomic E-state index is 13.5. The van der Waals surface area contributed by atoms with Gasteiger partial charge in [0.25, 0.3) is 5.91 Å². The summed E-state index contributed by atoms with van der Waals surface area (Å²) >= 11 is 6.31. The molecule has 1 aliphatic rings. The number of hydrogen-bond donors (Lipinski definition) is 1. The molecule has 1 amide bonds. The highest BCUT2D eigenvalue weighted by Crippen LogP contribution is 2.25. The fourth-order valence-electron chi connectivity index (χ4n) is 6.05. The van der Waals surface area contributed by atoms with E-state index >= 15 is 0 Å². The minimum absolute atomic E-state index is 0.243. The largest absolute Gasteiger partial charge is 0.347 e. The van der Waals surface area contributed by atoms with E-state index in [1.807, 2.05) is 59.2 Å². The molecule has 2 heterocycles. The maximum atomic E-state index is 13.5. The molecule has 40 heavy (non-hydrogen) atoms. The van der Waals surface area contributed by atoms with Crippen molar-refractivity contribution < 1.29 is 4.79 Å². The zero-order valence-corrected chi connectivity index (χ0v) is 23.8. The number of benzene rings is 3. The first kappa shape index (κ1) is 26.6. The van der Waals surface area contributed by atoms with Crippen molar-refractivity contribution in [3.05, 3.63) is 95.4 Å². The lowest BCUT2D eigenvalue weighted by atomic mass is 9.94. The summed E-state index contributed by atoms with van der Waals surface area (Å²) in [7, 11) is 2.28. The molecular formula is C33H36ClN5O. The lowest BCUT2D eigenvalue weighted by Crippen LogP contribution is -2.34. The molecule has 7 heteroatoms. The van der Waals surface area contributed by atoms with E-state index in [0.29, 0.717) is 17.4 Å². The smallest absolute Gasteiger partial charge is 0.291 e. The van der Waals surface area contributed by atoms with Crippen molar-refractivity contribution in [2.75, 3.05) is 18.9 Å². The Hall–Kier alpha value is -3.61. The molecular weight excluding hydrogens is 518 g/mol. The standard InChI is InChI=1S/C33H36ClN5O/c1-37(28-11-6-3-7-12-28)18-8-19-38-20-17-25-21-27(14-16-30(25)38)35-33(40)32-36-29-15-13-26(34)22-31(29)39(32)23-24-9-4-2-5-10-24/h2,4-5,9-10,13-17,20-22,28H,3,6-8,11-12,18-19,23H2,1H3,(H,35,40). The minimum Gasteiger partial charge on any atom is -0.347 e. The van der Waals surface area contributed by atoms with Crippen LogP contribution < -0.4 is 5.32 Å². The number of imidazole rings is 1. The number of hydrogen-bond acceptors (Lipinski definition) is 3. The fraction of sp³-hybridized carbons (Fsp3) is 0.333. The molecule has 0 radical (unpaired) electrons. The van der Waals surface area contributed by atoms with Gasteiger partial charge in [0, 0.05) is 46.9 Å². The Morgan fingerprint density at radius 3 is 2.65 bits per heavy atom. The third kappa shape index (κ3) is 5.79. The molecule has 206 valence electrons. The average molecular weight is 554 g/mol. The second-order valence-corrected chi connectivity index (χ2v) is 11.4. The normalized spacial score (nSPS) is 14.4. The Balaban J connectivity index is 1.17. The zero-order chi connectivity index (χ0) is 27.5. The quantitative estimate of drug-likeness (QED) is 0.204. The minimum atomic E-state index is -0.243. The van der Waals surface area contributed by atoms with Crippen LogP contribution in [0.4, 0.5) is 5.69 Å². The van der Waals surface area contributed by atoms with Gasteiger partial charge in [0.1, 0.15) is 0 Å². The molecule has 6 nitrogen and oxygen atoms in total. The Morgan fingerprint density at radius 1 is 1.00 bits per heavy atom. The number of carbonyl (C=O) groups is 1. The van der Waals surface area contributed by atoms with Gasteiger partial charge in [-0.05, 0) is 80.9 Å². The topological polar surface area (TPSA) is 55.1 Å². The number of carbonyl (C=O) groups excluding carboxylic acids is 1. The van der Waals surface area contributed by atoms with E-state index in [1.165, 1.54) is 37.6 Å². The van der Waals surface area contributed by atoms with Gasteiger partial charge >= 0.3 is 0 Å². The molecule has 1 fully saturated rings. The van der Waals surface area contributed by atoms with Crippen LogP contribution in [0.25, 0.3) is 21.9 Å². The van der Waals surface area contributed by atoms with E-state index < -0.39 is 0 Å². The summed E-state index contributed by atoms with van der Waals surface area (Å²) in [6.45, 7) is 2.63. The molecule has 1 N–H and O–H groups in total. The van der Waals surface area contributed by atoms with Crippen molar-refractivity contribution in [3.63, 3.8) is 0 Å². The van der Waals surface area contributed by atoms with E-state index in [1.54, 1.807) is 6.07 Å². The SMILES string of the molecule is CN(CCCn1ccc2cc(NC(=O)c3nc4ccc(Cl)cc4n3Cc3ccccc3)ccc21)C1CCCCC1. The molecule has 2 aromatic heterocycles. The Bertz CT molecular complexity index is 1620. The zero-order valence-electron chi connectivity index (χ0n) is 23.0. The molecule has 5 aromatic rings. The summed E-state index contributed by atoms with van der Waals surface area (Å²) in [5, 5.41) is 4.81. The number of fused-ring (bicyclic) bond motifs is 2. The van der Waals surface area contributed by atoms with Crippen LogP contribution in [0.5, 0.6) is 0 Å². The monoisotopic (exact) mass is 553 g/mol. The van der Waals surface area contributed by atoms with Gasteiger partial charge in [-0.25, -0.2) is 4.98 Å². The van der Waals surface area contributed by atoms with Crippen LogP contribution in [0.2, 0.25) is 5.02 Å². The number of rotatable bonds is 9. The number of aromatic nitrogens is 3. The van der Waals surface area contributed by atoms with Crippen molar-refractivity contribution in [1.82, 2.24) is 19.0 Å². The molecule has 0 atom stereocenters. The van der Waals surface area contributed by atoms with Gasteiger partial charge in [0.15, 0.2) is 0 Å². The average Bonchev–Trinajstić information content (AvgIpc) is 3.54. The van der Waals surface area contributed by atoms with Gasteiger partial charge in [0.05, 0.1) is 11.0 Å². The highest BCUT2D eigenvalue weighted by atomic mass is 35.5. The Kier molecular flexibility index (Phi) is 7.89. The lowest BCUT2D eigenvalue weighted by Gasteiger charge is -2.31.